The van der Waals surface area contributed by atoms with E-state index in [9.17, 15) is 18.0 Å². The van der Waals surface area contributed by atoms with E-state index in [1.54, 1.807) is 13.1 Å². The number of carbonyl (C=O) groups is 1. The highest BCUT2D eigenvalue weighted by atomic mass is 127. The molecule has 0 spiro atoms. The van der Waals surface area contributed by atoms with Crippen molar-refractivity contribution in [3.63, 3.8) is 0 Å². The molecular weight excluding hydrogens is 498 g/mol. The summed E-state index contributed by atoms with van der Waals surface area (Å²) in [7, 11) is 1.65. The number of rotatable bonds is 5. The van der Waals surface area contributed by atoms with Gasteiger partial charge < -0.3 is 15.5 Å². The van der Waals surface area contributed by atoms with Gasteiger partial charge in [-0.2, -0.15) is 13.2 Å². The molecule has 1 unspecified atom stereocenters. The van der Waals surface area contributed by atoms with Crippen molar-refractivity contribution in [2.45, 2.75) is 32.6 Å². The number of alkyl halides is 3. The van der Waals surface area contributed by atoms with Crippen molar-refractivity contribution in [3.05, 3.63) is 35.4 Å². The molecule has 10 heteroatoms. The van der Waals surface area contributed by atoms with Gasteiger partial charge in [0.25, 0.3) is 5.91 Å². The molecule has 2 N–H and O–H groups in total. The molecule has 1 heterocycles. The van der Waals surface area contributed by atoms with Gasteiger partial charge in [0.2, 0.25) is 0 Å². The second-order valence-corrected chi connectivity index (χ2v) is 6.70. The van der Waals surface area contributed by atoms with Gasteiger partial charge in [-0.1, -0.05) is 12.1 Å². The number of halogens is 4. The first-order chi connectivity index (χ1) is 13.3. The van der Waals surface area contributed by atoms with Crippen molar-refractivity contribution in [2.75, 3.05) is 39.8 Å². The van der Waals surface area contributed by atoms with Crippen LogP contribution in [-0.4, -0.2) is 73.7 Å². The Hall–Kier alpha value is -1.56. The van der Waals surface area contributed by atoms with Gasteiger partial charge in [-0.25, -0.2) is 0 Å². The Bertz CT molecular complexity index is 691. The smallest absolute Gasteiger partial charge is 0.352 e. The first kappa shape index (κ1) is 25.5. The topological polar surface area (TPSA) is 60.0 Å². The Morgan fingerprint density at radius 2 is 1.86 bits per heavy atom. The summed E-state index contributed by atoms with van der Waals surface area (Å²) in [6.45, 7) is 5.69. The summed E-state index contributed by atoms with van der Waals surface area (Å²) in [6, 6.07) is 5.85. The van der Waals surface area contributed by atoms with Crippen LogP contribution in [0.1, 0.15) is 29.8 Å². The lowest BCUT2D eigenvalue weighted by molar-refractivity contribution is -0.181. The van der Waals surface area contributed by atoms with Crippen LogP contribution in [0.2, 0.25) is 0 Å². The quantitative estimate of drug-likeness (QED) is 0.352. The van der Waals surface area contributed by atoms with Gasteiger partial charge in [0.15, 0.2) is 5.96 Å². The summed E-state index contributed by atoms with van der Waals surface area (Å²) < 4.78 is 38.6. The highest BCUT2D eigenvalue weighted by Gasteiger charge is 2.41. The molecule has 0 radical (unpaired) electrons. The Morgan fingerprint density at radius 1 is 1.21 bits per heavy atom. The third-order valence-electron chi connectivity index (χ3n) is 4.82. The number of hydrogen-bond acceptors (Lipinski definition) is 3. The van der Waals surface area contributed by atoms with Crippen molar-refractivity contribution >= 4 is 35.8 Å². The van der Waals surface area contributed by atoms with E-state index in [4.69, 9.17) is 0 Å². The number of amides is 1. The Kier molecular flexibility index (Phi) is 10.2. The standard InChI is InChI=1S/C19H28F3N5O.HI/c1-4-24-17(28)16-7-5-6-15(12-16)13-25-18(23-3)27-10-8-26(9-11-27)14(2)19(20,21)22;/h5-7,12,14H,4,8-11,13H2,1-3H3,(H,23,25)(H,24,28);1H. The summed E-state index contributed by atoms with van der Waals surface area (Å²) in [4.78, 5) is 19.6. The fraction of sp³-hybridized carbons (Fsp3) is 0.579. The van der Waals surface area contributed by atoms with Crippen LogP contribution in [-0.2, 0) is 6.54 Å². The van der Waals surface area contributed by atoms with Gasteiger partial charge in [-0.15, -0.1) is 24.0 Å². The Labute approximate surface area is 186 Å². The van der Waals surface area contributed by atoms with E-state index in [-0.39, 0.29) is 29.9 Å². The lowest BCUT2D eigenvalue weighted by Crippen LogP contribution is -2.56. The third kappa shape index (κ3) is 7.32. The molecular formula is C19H29F3IN5O. The van der Waals surface area contributed by atoms with Crippen LogP contribution in [0.15, 0.2) is 29.3 Å². The number of hydrogen-bond donors (Lipinski definition) is 2. The lowest BCUT2D eigenvalue weighted by atomic mass is 10.1. The fourth-order valence-corrected chi connectivity index (χ4v) is 3.13. The van der Waals surface area contributed by atoms with E-state index in [0.717, 1.165) is 5.56 Å². The highest BCUT2D eigenvalue weighted by Crippen LogP contribution is 2.25. The molecule has 2 rings (SSSR count). The minimum absolute atomic E-state index is 0. The maximum absolute atomic E-state index is 12.9. The average molecular weight is 527 g/mol. The Morgan fingerprint density at radius 3 is 2.41 bits per heavy atom. The summed E-state index contributed by atoms with van der Waals surface area (Å²) >= 11 is 0. The first-order valence-electron chi connectivity index (χ1n) is 9.39. The molecule has 0 aliphatic carbocycles. The molecule has 164 valence electrons. The monoisotopic (exact) mass is 527 g/mol. The molecule has 1 atom stereocenters. The second-order valence-electron chi connectivity index (χ2n) is 6.70. The normalized spacial score (nSPS) is 16.8. The number of carbonyl (C=O) groups excluding carboxylic acids is 1. The zero-order valence-electron chi connectivity index (χ0n) is 16.9. The van der Waals surface area contributed by atoms with Crippen molar-refractivity contribution in [3.8, 4) is 0 Å². The molecule has 29 heavy (non-hydrogen) atoms. The van der Waals surface area contributed by atoms with Crippen LogP contribution in [0, 0.1) is 0 Å². The number of piperazine rings is 1. The summed E-state index contributed by atoms with van der Waals surface area (Å²) in [5.74, 6) is 0.520. The predicted molar refractivity (Wildman–Crippen MR) is 119 cm³/mol. The second kappa shape index (κ2) is 11.6. The van der Waals surface area contributed by atoms with E-state index in [1.807, 2.05) is 30.0 Å². The van der Waals surface area contributed by atoms with E-state index < -0.39 is 12.2 Å². The largest absolute Gasteiger partial charge is 0.403 e. The maximum Gasteiger partial charge on any atom is 0.403 e. The summed E-state index contributed by atoms with van der Waals surface area (Å²) in [6.07, 6.45) is -4.21. The molecule has 0 saturated carbocycles. The van der Waals surface area contributed by atoms with E-state index >= 15 is 0 Å². The van der Waals surface area contributed by atoms with Gasteiger partial charge in [0, 0.05) is 51.9 Å². The van der Waals surface area contributed by atoms with Crippen LogP contribution >= 0.6 is 24.0 Å². The average Bonchev–Trinajstić information content (AvgIpc) is 2.68. The first-order valence-corrected chi connectivity index (χ1v) is 9.39. The van der Waals surface area contributed by atoms with Crippen LogP contribution < -0.4 is 10.6 Å². The SMILES string of the molecule is CCNC(=O)c1cccc(CNC(=NC)N2CCN(C(C)C(F)(F)F)CC2)c1.I. The molecule has 0 aromatic heterocycles. The zero-order chi connectivity index (χ0) is 20.7. The van der Waals surface area contributed by atoms with Gasteiger partial charge in [0.1, 0.15) is 6.04 Å². The zero-order valence-corrected chi connectivity index (χ0v) is 19.3. The van der Waals surface area contributed by atoms with Gasteiger partial charge in [-0.05, 0) is 31.5 Å². The Balaban J connectivity index is 0.00000420. The van der Waals surface area contributed by atoms with Gasteiger partial charge in [-0.3, -0.25) is 14.7 Å². The van der Waals surface area contributed by atoms with Crippen molar-refractivity contribution in [1.29, 1.82) is 0 Å². The molecule has 1 amide bonds. The molecule has 0 bridgehead atoms. The molecule has 1 aliphatic rings. The fourth-order valence-electron chi connectivity index (χ4n) is 3.13. The molecule has 1 aromatic rings. The number of benzene rings is 1. The van der Waals surface area contributed by atoms with Crippen molar-refractivity contribution in [2.24, 2.45) is 4.99 Å². The number of nitrogens with zero attached hydrogens (tertiary/aromatic N) is 3. The van der Waals surface area contributed by atoms with Crippen LogP contribution in [0.3, 0.4) is 0 Å². The van der Waals surface area contributed by atoms with Crippen molar-refractivity contribution in [1.82, 2.24) is 20.4 Å². The van der Waals surface area contributed by atoms with E-state index in [1.165, 1.54) is 11.8 Å². The number of aliphatic imine (C=N–C) groups is 1. The lowest BCUT2D eigenvalue weighted by Gasteiger charge is -2.39. The van der Waals surface area contributed by atoms with E-state index in [2.05, 4.69) is 15.6 Å². The number of guanidine groups is 1. The van der Waals surface area contributed by atoms with Gasteiger partial charge >= 0.3 is 6.18 Å². The minimum atomic E-state index is -4.21. The third-order valence-corrected chi connectivity index (χ3v) is 4.82. The van der Waals surface area contributed by atoms with Crippen LogP contribution in [0.5, 0.6) is 0 Å². The van der Waals surface area contributed by atoms with Crippen LogP contribution in [0.4, 0.5) is 13.2 Å². The number of nitrogens with one attached hydrogen (secondary N) is 2. The summed E-state index contributed by atoms with van der Waals surface area (Å²) in [5, 5.41) is 6.00. The minimum Gasteiger partial charge on any atom is -0.352 e. The van der Waals surface area contributed by atoms with Crippen molar-refractivity contribution < 1.29 is 18.0 Å². The van der Waals surface area contributed by atoms with Gasteiger partial charge in [0.05, 0.1) is 0 Å². The van der Waals surface area contributed by atoms with E-state index in [0.29, 0.717) is 50.8 Å². The maximum atomic E-state index is 12.9. The molecule has 1 fully saturated rings. The van der Waals surface area contributed by atoms with Crippen LogP contribution in [0.25, 0.3) is 0 Å². The highest BCUT2D eigenvalue weighted by molar-refractivity contribution is 14.0. The predicted octanol–water partition coefficient (Wildman–Crippen LogP) is 2.70. The molecule has 1 aromatic carbocycles. The molecule has 1 aliphatic heterocycles. The molecule has 6 nitrogen and oxygen atoms in total. The molecule has 1 saturated heterocycles. The summed E-state index contributed by atoms with van der Waals surface area (Å²) in [5.41, 5.74) is 1.51.